The van der Waals surface area contributed by atoms with Crippen molar-refractivity contribution in [2.45, 2.75) is 25.7 Å². The zero-order valence-electron chi connectivity index (χ0n) is 24.1. The smallest absolute Gasteiger partial charge is 0.356 e. The number of tetrazole rings is 1. The van der Waals surface area contributed by atoms with Crippen molar-refractivity contribution in [3.8, 4) is 0 Å². The number of aromatic nitrogens is 8. The first-order chi connectivity index (χ1) is 20.2. The molecule has 7 heterocycles. The molecule has 0 N–H and O–H groups in total. The number of fused-ring (bicyclic) bond motifs is 2. The second kappa shape index (κ2) is 9.74. The number of carbonyl (C=O) groups excluding carboxylic acids is 2. The van der Waals surface area contributed by atoms with Crippen LogP contribution in [0.4, 0.5) is 11.5 Å². The van der Waals surface area contributed by atoms with E-state index in [-0.39, 0.29) is 17.1 Å². The van der Waals surface area contributed by atoms with E-state index < -0.39 is 5.97 Å². The molecule has 3 atom stereocenters. The standard InChI is InChI=1S/C28H33N11O3/c1-17-10-20(36-9-8-28(2,16-36)27-31-34-35(3)33-27)15-39-24(17)30-23(32-39)25(40)38-13-18-11-37(12-19(18)14-38)22-7-5-6-21(29-22)26(41)42-4/h5-7,10,15,18-19H,8-9,11-14,16H2,1-4H3. The van der Waals surface area contributed by atoms with Crippen molar-refractivity contribution < 1.29 is 14.3 Å². The predicted molar refractivity (Wildman–Crippen MR) is 151 cm³/mol. The summed E-state index contributed by atoms with van der Waals surface area (Å²) in [5.41, 5.74) is 2.77. The number of carbonyl (C=O) groups is 2. The molecule has 42 heavy (non-hydrogen) atoms. The van der Waals surface area contributed by atoms with Crippen LogP contribution in [0.3, 0.4) is 0 Å². The molecule has 218 valence electrons. The molecule has 4 aromatic rings. The van der Waals surface area contributed by atoms with Gasteiger partial charge in [-0.25, -0.2) is 19.3 Å². The Morgan fingerprint density at radius 1 is 1.05 bits per heavy atom. The number of pyridine rings is 2. The van der Waals surface area contributed by atoms with Gasteiger partial charge in [-0.05, 0) is 42.3 Å². The molecule has 3 saturated heterocycles. The van der Waals surface area contributed by atoms with E-state index in [0.717, 1.165) is 55.5 Å². The molecule has 3 fully saturated rings. The van der Waals surface area contributed by atoms with Crippen LogP contribution >= 0.6 is 0 Å². The third-order valence-corrected chi connectivity index (χ3v) is 8.91. The topological polar surface area (TPSA) is 140 Å². The molecule has 0 radical (unpaired) electrons. The Morgan fingerprint density at radius 3 is 2.55 bits per heavy atom. The minimum atomic E-state index is -0.450. The average molecular weight is 572 g/mol. The normalized spacial score (nSPS) is 23.7. The summed E-state index contributed by atoms with van der Waals surface area (Å²) in [7, 11) is 3.13. The van der Waals surface area contributed by atoms with Gasteiger partial charge >= 0.3 is 5.97 Å². The summed E-state index contributed by atoms with van der Waals surface area (Å²) in [6.45, 7) is 8.61. The van der Waals surface area contributed by atoms with Gasteiger partial charge in [-0.1, -0.05) is 13.0 Å². The summed E-state index contributed by atoms with van der Waals surface area (Å²) in [6.07, 6.45) is 2.87. The van der Waals surface area contributed by atoms with Gasteiger partial charge in [-0.15, -0.1) is 15.3 Å². The summed E-state index contributed by atoms with van der Waals surface area (Å²) in [6, 6.07) is 7.48. The quantitative estimate of drug-likeness (QED) is 0.318. The van der Waals surface area contributed by atoms with Crippen molar-refractivity contribution in [2.75, 3.05) is 56.2 Å². The van der Waals surface area contributed by atoms with E-state index in [0.29, 0.717) is 36.3 Å². The van der Waals surface area contributed by atoms with Gasteiger partial charge in [0.25, 0.3) is 5.91 Å². The van der Waals surface area contributed by atoms with Crippen molar-refractivity contribution in [3.63, 3.8) is 0 Å². The summed E-state index contributed by atoms with van der Waals surface area (Å²) in [5.74, 6) is 1.76. The van der Waals surface area contributed by atoms with Gasteiger partial charge in [0.1, 0.15) is 5.82 Å². The maximum Gasteiger partial charge on any atom is 0.356 e. The van der Waals surface area contributed by atoms with Crippen molar-refractivity contribution >= 4 is 29.0 Å². The minimum Gasteiger partial charge on any atom is -0.464 e. The first-order valence-corrected chi connectivity index (χ1v) is 14.2. The molecule has 1 amide bonds. The van der Waals surface area contributed by atoms with E-state index in [1.165, 1.54) is 11.9 Å². The molecule has 7 rings (SSSR count). The highest BCUT2D eigenvalue weighted by atomic mass is 16.5. The van der Waals surface area contributed by atoms with E-state index >= 15 is 0 Å². The summed E-state index contributed by atoms with van der Waals surface area (Å²) < 4.78 is 6.54. The number of amides is 1. The number of aryl methyl sites for hydroxylation is 2. The summed E-state index contributed by atoms with van der Waals surface area (Å²) in [4.78, 5) is 42.4. The number of methoxy groups -OCH3 is 1. The first-order valence-electron chi connectivity index (χ1n) is 14.2. The van der Waals surface area contributed by atoms with Crippen LogP contribution in [-0.4, -0.2) is 103 Å². The van der Waals surface area contributed by atoms with Crippen molar-refractivity contribution in [3.05, 3.63) is 53.4 Å². The van der Waals surface area contributed by atoms with Gasteiger partial charge in [0.05, 0.1) is 31.5 Å². The molecule has 0 spiro atoms. The molecule has 4 aromatic heterocycles. The van der Waals surface area contributed by atoms with Crippen LogP contribution in [0.1, 0.15) is 45.8 Å². The van der Waals surface area contributed by atoms with Gasteiger partial charge in [-0.3, -0.25) is 4.79 Å². The van der Waals surface area contributed by atoms with Crippen LogP contribution in [0, 0.1) is 18.8 Å². The number of nitrogens with zero attached hydrogens (tertiary/aromatic N) is 11. The number of hydrogen-bond acceptors (Lipinski definition) is 11. The third kappa shape index (κ3) is 4.41. The number of anilines is 2. The Hall–Kier alpha value is -4.62. The molecule has 0 aliphatic carbocycles. The van der Waals surface area contributed by atoms with Crippen molar-refractivity contribution in [1.82, 2.24) is 44.7 Å². The fourth-order valence-electron chi connectivity index (χ4n) is 6.59. The van der Waals surface area contributed by atoms with Crippen LogP contribution in [0.5, 0.6) is 0 Å². The third-order valence-electron chi connectivity index (χ3n) is 8.91. The zero-order chi connectivity index (χ0) is 29.2. The fourth-order valence-corrected chi connectivity index (χ4v) is 6.59. The molecule has 3 unspecified atom stereocenters. The van der Waals surface area contributed by atoms with Crippen LogP contribution in [-0.2, 0) is 17.2 Å². The molecule has 0 saturated carbocycles. The largest absolute Gasteiger partial charge is 0.464 e. The van der Waals surface area contributed by atoms with Crippen LogP contribution < -0.4 is 9.80 Å². The second-order valence-corrected chi connectivity index (χ2v) is 11.9. The van der Waals surface area contributed by atoms with Gasteiger partial charge in [-0.2, -0.15) is 4.80 Å². The Labute approximate surface area is 242 Å². The highest BCUT2D eigenvalue weighted by Gasteiger charge is 2.43. The Balaban J connectivity index is 1.04. The van der Waals surface area contributed by atoms with Crippen molar-refractivity contribution in [2.24, 2.45) is 18.9 Å². The molecule has 0 bridgehead atoms. The van der Waals surface area contributed by atoms with Gasteiger partial charge in [0, 0.05) is 51.1 Å². The van der Waals surface area contributed by atoms with Crippen LogP contribution in [0.25, 0.3) is 5.65 Å². The molecular weight excluding hydrogens is 538 g/mol. The molecule has 3 aliphatic rings. The number of ether oxygens (including phenoxy) is 1. The van der Waals surface area contributed by atoms with Gasteiger partial charge in [0.2, 0.25) is 5.82 Å². The lowest BCUT2D eigenvalue weighted by molar-refractivity contribution is 0.0593. The summed E-state index contributed by atoms with van der Waals surface area (Å²) in [5, 5.41) is 17.4. The lowest BCUT2D eigenvalue weighted by atomic mass is 9.89. The zero-order valence-corrected chi connectivity index (χ0v) is 24.1. The van der Waals surface area contributed by atoms with Crippen molar-refractivity contribution in [1.29, 1.82) is 0 Å². The Morgan fingerprint density at radius 2 is 1.83 bits per heavy atom. The molecule has 3 aliphatic heterocycles. The number of likely N-dealkylation sites (tertiary alicyclic amines) is 1. The number of esters is 1. The second-order valence-electron chi connectivity index (χ2n) is 11.9. The minimum absolute atomic E-state index is 0.145. The van der Waals surface area contributed by atoms with Crippen LogP contribution in [0.2, 0.25) is 0 Å². The van der Waals surface area contributed by atoms with E-state index in [4.69, 9.17) is 4.74 Å². The fraction of sp³-hybridized carbons (Fsp3) is 0.500. The highest BCUT2D eigenvalue weighted by Crippen LogP contribution is 2.36. The Kier molecular flexibility index (Phi) is 6.10. The maximum absolute atomic E-state index is 13.5. The first kappa shape index (κ1) is 26.3. The highest BCUT2D eigenvalue weighted by molar-refractivity contribution is 5.91. The van der Waals surface area contributed by atoms with Gasteiger partial charge in [0.15, 0.2) is 17.2 Å². The molecule has 14 heteroatoms. The monoisotopic (exact) mass is 571 g/mol. The van der Waals surface area contributed by atoms with Gasteiger partial charge < -0.3 is 19.4 Å². The SMILES string of the molecule is COC(=O)c1cccc(N2CC3CN(C(=O)c4nc5c(C)cc(N6CCC(C)(c7nnn(C)n7)C6)cn5n4)CC3C2)n1. The van der Waals surface area contributed by atoms with E-state index in [2.05, 4.69) is 53.3 Å². The molecular formula is C28H33N11O3. The maximum atomic E-state index is 13.5. The average Bonchev–Trinajstić information content (AvgIpc) is 3.80. The summed E-state index contributed by atoms with van der Waals surface area (Å²) >= 11 is 0. The molecule has 14 nitrogen and oxygen atoms in total. The molecule has 0 aromatic carbocycles. The van der Waals surface area contributed by atoms with E-state index in [1.807, 2.05) is 30.2 Å². The van der Waals surface area contributed by atoms with E-state index in [9.17, 15) is 9.59 Å². The lowest BCUT2D eigenvalue weighted by Crippen LogP contribution is -2.34. The Bertz CT molecular complexity index is 1690. The predicted octanol–water partition coefficient (Wildman–Crippen LogP) is 1.12. The van der Waals surface area contributed by atoms with E-state index in [1.54, 1.807) is 17.6 Å². The van der Waals surface area contributed by atoms with Crippen LogP contribution in [0.15, 0.2) is 30.5 Å². The lowest BCUT2D eigenvalue weighted by Gasteiger charge is -2.23. The number of hydrogen-bond donors (Lipinski definition) is 0. The number of rotatable bonds is 5.